The summed E-state index contributed by atoms with van der Waals surface area (Å²) in [6, 6.07) is 0. The number of ether oxygens (including phenoxy) is 1. The van der Waals surface area contributed by atoms with Crippen molar-refractivity contribution in [3.05, 3.63) is 12.3 Å². The van der Waals surface area contributed by atoms with Gasteiger partial charge in [-0.15, -0.1) is 0 Å². The first-order chi connectivity index (χ1) is 6.33. The SMILES string of the molecule is O=S(=O)(OC1CCC=CO1)C(F)(F)F. The summed E-state index contributed by atoms with van der Waals surface area (Å²) in [4.78, 5) is 0. The topological polar surface area (TPSA) is 52.6 Å². The highest BCUT2D eigenvalue weighted by Crippen LogP contribution is 2.27. The minimum absolute atomic E-state index is 0.0752. The van der Waals surface area contributed by atoms with Gasteiger partial charge in [0.15, 0.2) is 0 Å². The van der Waals surface area contributed by atoms with E-state index in [1.54, 1.807) is 6.08 Å². The molecule has 1 heterocycles. The Hall–Kier alpha value is -0.760. The first-order valence-corrected chi connectivity index (χ1v) is 5.04. The lowest BCUT2D eigenvalue weighted by Gasteiger charge is -2.19. The van der Waals surface area contributed by atoms with Crippen molar-refractivity contribution in [1.29, 1.82) is 0 Å². The van der Waals surface area contributed by atoms with Gasteiger partial charge < -0.3 is 4.74 Å². The van der Waals surface area contributed by atoms with E-state index in [4.69, 9.17) is 0 Å². The lowest BCUT2D eigenvalue weighted by atomic mass is 10.3. The zero-order chi connectivity index (χ0) is 10.8. The average Bonchev–Trinajstić information content (AvgIpc) is 2.03. The minimum atomic E-state index is -5.56. The van der Waals surface area contributed by atoms with Crippen LogP contribution in [0.4, 0.5) is 13.2 Å². The molecule has 0 radical (unpaired) electrons. The summed E-state index contributed by atoms with van der Waals surface area (Å²) in [5.74, 6) is 0. The molecule has 4 nitrogen and oxygen atoms in total. The third-order valence-corrected chi connectivity index (χ3v) is 2.45. The van der Waals surface area contributed by atoms with Crippen LogP contribution in [0.3, 0.4) is 0 Å². The molecule has 0 aromatic heterocycles. The molecule has 0 spiro atoms. The minimum Gasteiger partial charge on any atom is -0.472 e. The van der Waals surface area contributed by atoms with Crippen LogP contribution < -0.4 is 0 Å². The molecule has 1 atom stereocenters. The number of hydrogen-bond acceptors (Lipinski definition) is 4. The maximum Gasteiger partial charge on any atom is 0.523 e. The van der Waals surface area contributed by atoms with E-state index < -0.39 is 21.9 Å². The van der Waals surface area contributed by atoms with Gasteiger partial charge in [0.05, 0.1) is 6.26 Å². The Balaban J connectivity index is 2.64. The third-order valence-electron chi connectivity index (χ3n) is 1.41. The fraction of sp³-hybridized carbons (Fsp3) is 0.667. The standard InChI is InChI=1S/C6H7F3O4S/c7-6(8,9)14(10,11)13-5-3-1-2-4-12-5/h2,4-5H,1,3H2. The Kier molecular flexibility index (Phi) is 3.05. The number of halogens is 3. The predicted octanol–water partition coefficient (Wildman–Crippen LogP) is 1.50. The Morgan fingerprint density at radius 1 is 1.43 bits per heavy atom. The van der Waals surface area contributed by atoms with Crippen molar-refractivity contribution in [2.24, 2.45) is 0 Å². The lowest BCUT2D eigenvalue weighted by molar-refractivity contribution is -0.0854. The molecule has 1 aliphatic heterocycles. The fourth-order valence-electron chi connectivity index (χ4n) is 0.778. The van der Waals surface area contributed by atoms with Gasteiger partial charge in [-0.2, -0.15) is 21.6 Å². The second-order valence-electron chi connectivity index (χ2n) is 2.51. The maximum atomic E-state index is 11.8. The highest BCUT2D eigenvalue weighted by molar-refractivity contribution is 7.87. The number of hydrogen-bond donors (Lipinski definition) is 0. The van der Waals surface area contributed by atoms with Crippen molar-refractivity contribution in [3.8, 4) is 0 Å². The summed E-state index contributed by atoms with van der Waals surface area (Å²) < 4.78 is 64.7. The van der Waals surface area contributed by atoms with Crippen molar-refractivity contribution in [2.75, 3.05) is 0 Å². The van der Waals surface area contributed by atoms with Crippen LogP contribution in [-0.2, 0) is 19.0 Å². The number of alkyl halides is 3. The molecular formula is C6H7F3O4S. The van der Waals surface area contributed by atoms with E-state index in [0.717, 1.165) is 6.26 Å². The van der Waals surface area contributed by atoms with Crippen molar-refractivity contribution in [3.63, 3.8) is 0 Å². The molecule has 0 N–H and O–H groups in total. The van der Waals surface area contributed by atoms with Crippen LogP contribution >= 0.6 is 0 Å². The molecule has 0 fully saturated rings. The molecular weight excluding hydrogens is 225 g/mol. The molecule has 0 amide bonds. The van der Waals surface area contributed by atoms with Crippen LogP contribution in [0.15, 0.2) is 12.3 Å². The Morgan fingerprint density at radius 3 is 2.50 bits per heavy atom. The van der Waals surface area contributed by atoms with Crippen molar-refractivity contribution >= 4 is 10.1 Å². The smallest absolute Gasteiger partial charge is 0.472 e. The van der Waals surface area contributed by atoms with Crippen molar-refractivity contribution in [2.45, 2.75) is 24.6 Å². The van der Waals surface area contributed by atoms with E-state index in [9.17, 15) is 21.6 Å². The molecule has 0 saturated carbocycles. The van der Waals surface area contributed by atoms with Gasteiger partial charge in [0.1, 0.15) is 0 Å². The van der Waals surface area contributed by atoms with E-state index in [0.29, 0.717) is 6.42 Å². The predicted molar refractivity (Wildman–Crippen MR) is 39.3 cm³/mol. The molecule has 0 saturated heterocycles. The van der Waals surface area contributed by atoms with Crippen LogP contribution in [0.25, 0.3) is 0 Å². The molecule has 14 heavy (non-hydrogen) atoms. The summed E-state index contributed by atoms with van der Waals surface area (Å²) >= 11 is 0. The first kappa shape index (κ1) is 11.3. The van der Waals surface area contributed by atoms with Gasteiger partial charge in [-0.25, -0.2) is 4.18 Å². The highest BCUT2D eigenvalue weighted by atomic mass is 32.2. The maximum absolute atomic E-state index is 11.8. The van der Waals surface area contributed by atoms with Crippen molar-refractivity contribution < 1.29 is 30.5 Å². The van der Waals surface area contributed by atoms with Crippen molar-refractivity contribution in [1.82, 2.24) is 0 Å². The largest absolute Gasteiger partial charge is 0.523 e. The van der Waals surface area contributed by atoms with Gasteiger partial charge >= 0.3 is 15.6 Å². The molecule has 82 valence electrons. The molecule has 1 rings (SSSR count). The quantitative estimate of drug-likeness (QED) is 0.534. The van der Waals surface area contributed by atoms with Crippen LogP contribution in [0, 0.1) is 0 Å². The van der Waals surface area contributed by atoms with Crippen LogP contribution in [-0.4, -0.2) is 20.2 Å². The first-order valence-electron chi connectivity index (χ1n) is 3.63. The van der Waals surface area contributed by atoms with E-state index in [-0.39, 0.29) is 6.42 Å². The fourth-order valence-corrected chi connectivity index (χ4v) is 1.31. The van der Waals surface area contributed by atoms with Gasteiger partial charge in [0.25, 0.3) is 0 Å². The second kappa shape index (κ2) is 3.77. The molecule has 0 aliphatic carbocycles. The third kappa shape index (κ3) is 2.61. The molecule has 0 aromatic carbocycles. The van der Waals surface area contributed by atoms with Gasteiger partial charge in [-0.1, -0.05) is 0 Å². The van der Waals surface area contributed by atoms with Gasteiger partial charge in [-0.3, -0.25) is 0 Å². The molecule has 1 aliphatic rings. The molecule has 0 aromatic rings. The van der Waals surface area contributed by atoms with E-state index in [1.807, 2.05) is 0 Å². The van der Waals surface area contributed by atoms with E-state index >= 15 is 0 Å². The van der Waals surface area contributed by atoms with E-state index in [2.05, 4.69) is 8.92 Å². The number of rotatable bonds is 2. The molecule has 8 heteroatoms. The van der Waals surface area contributed by atoms with E-state index in [1.165, 1.54) is 0 Å². The van der Waals surface area contributed by atoms with Gasteiger partial charge in [-0.05, 0) is 12.5 Å². The average molecular weight is 232 g/mol. The monoisotopic (exact) mass is 232 g/mol. The van der Waals surface area contributed by atoms with Gasteiger partial charge in [0, 0.05) is 6.42 Å². The Bertz CT molecular complexity index is 318. The highest BCUT2D eigenvalue weighted by Gasteiger charge is 2.49. The summed E-state index contributed by atoms with van der Waals surface area (Å²) in [7, 11) is -5.56. The lowest BCUT2D eigenvalue weighted by Crippen LogP contribution is -2.31. The zero-order valence-electron chi connectivity index (χ0n) is 6.82. The normalized spacial score (nSPS) is 23.2. The van der Waals surface area contributed by atoms with Crippen LogP contribution in [0.5, 0.6) is 0 Å². The Morgan fingerprint density at radius 2 is 2.07 bits per heavy atom. The van der Waals surface area contributed by atoms with Crippen LogP contribution in [0.2, 0.25) is 0 Å². The summed E-state index contributed by atoms with van der Waals surface area (Å²) in [6.45, 7) is 0. The zero-order valence-corrected chi connectivity index (χ0v) is 7.64. The van der Waals surface area contributed by atoms with Crippen LogP contribution in [0.1, 0.15) is 12.8 Å². The summed E-state index contributed by atoms with van der Waals surface area (Å²) in [6.07, 6.45) is 1.77. The van der Waals surface area contributed by atoms with Gasteiger partial charge in [0.2, 0.25) is 6.29 Å². The summed E-state index contributed by atoms with van der Waals surface area (Å²) in [5, 5.41) is 0. The number of allylic oxidation sites excluding steroid dienone is 1. The summed E-state index contributed by atoms with van der Waals surface area (Å²) in [5.41, 5.74) is -5.41. The Labute approximate surface area is 78.4 Å². The second-order valence-corrected chi connectivity index (χ2v) is 4.07. The molecule has 1 unspecified atom stereocenters. The molecule has 0 bridgehead atoms.